The lowest BCUT2D eigenvalue weighted by Gasteiger charge is -1.91. The predicted octanol–water partition coefficient (Wildman–Crippen LogP) is 1.96. The first-order valence-electron chi connectivity index (χ1n) is 3.18. The van der Waals surface area contributed by atoms with E-state index in [0.717, 1.165) is 0 Å². The molecule has 1 aromatic heterocycles. The van der Waals surface area contributed by atoms with Crippen molar-refractivity contribution in [1.29, 1.82) is 0 Å². The summed E-state index contributed by atoms with van der Waals surface area (Å²) in [4.78, 5) is 11.8. The molecule has 0 N–H and O–H groups in total. The fourth-order valence-electron chi connectivity index (χ4n) is 0.720. The highest BCUT2D eigenvalue weighted by atomic mass is 35.5. The van der Waals surface area contributed by atoms with E-state index in [-0.39, 0.29) is 11.5 Å². The van der Waals surface area contributed by atoms with E-state index in [1.54, 1.807) is 12.1 Å². The second-order valence-corrected chi connectivity index (χ2v) is 5.39. The number of hydrogen-bond acceptors (Lipinski definition) is 3. The highest BCUT2D eigenvalue weighted by Gasteiger charge is 2.09. The van der Waals surface area contributed by atoms with Gasteiger partial charge in [-0.25, -0.2) is 0 Å². The van der Waals surface area contributed by atoms with Gasteiger partial charge in [-0.1, -0.05) is 11.6 Å². The summed E-state index contributed by atoms with van der Waals surface area (Å²) >= 11 is 6.85. The van der Waals surface area contributed by atoms with Crippen molar-refractivity contribution in [3.8, 4) is 0 Å². The van der Waals surface area contributed by atoms with Crippen LogP contribution in [0.25, 0.3) is 0 Å². The third-order valence-corrected chi connectivity index (χ3v) is 3.12. The summed E-state index contributed by atoms with van der Waals surface area (Å²) in [5.74, 6) is -0.0237. The van der Waals surface area contributed by atoms with Crippen LogP contribution in [0.4, 0.5) is 0 Å². The van der Waals surface area contributed by atoms with E-state index in [2.05, 4.69) is 0 Å². The van der Waals surface area contributed by atoms with Crippen molar-refractivity contribution in [3.63, 3.8) is 0 Å². The minimum atomic E-state index is -1.07. The van der Waals surface area contributed by atoms with Gasteiger partial charge >= 0.3 is 0 Å². The van der Waals surface area contributed by atoms with Gasteiger partial charge in [0.05, 0.1) is 15.0 Å². The summed E-state index contributed by atoms with van der Waals surface area (Å²) in [6, 6.07) is 3.32. The van der Waals surface area contributed by atoms with Crippen molar-refractivity contribution in [1.82, 2.24) is 0 Å². The highest BCUT2D eigenvalue weighted by molar-refractivity contribution is 7.85. The Balaban J connectivity index is 2.72. The summed E-state index contributed by atoms with van der Waals surface area (Å²) in [5.41, 5.74) is 0. The Morgan fingerprint density at radius 1 is 1.67 bits per heavy atom. The zero-order chi connectivity index (χ0) is 9.14. The van der Waals surface area contributed by atoms with Gasteiger partial charge in [0.2, 0.25) is 0 Å². The fraction of sp³-hybridized carbons (Fsp3) is 0.286. The second kappa shape index (κ2) is 4.16. The van der Waals surface area contributed by atoms with Crippen LogP contribution in [0.1, 0.15) is 9.67 Å². The van der Waals surface area contributed by atoms with E-state index in [1.165, 1.54) is 17.6 Å². The molecule has 1 atom stereocenters. The topological polar surface area (TPSA) is 34.1 Å². The van der Waals surface area contributed by atoms with Gasteiger partial charge in [0.25, 0.3) is 0 Å². The molecule has 1 aromatic rings. The Kier molecular flexibility index (Phi) is 3.43. The van der Waals surface area contributed by atoms with Crippen molar-refractivity contribution in [2.24, 2.45) is 0 Å². The molecule has 0 aliphatic heterocycles. The lowest BCUT2D eigenvalue weighted by atomic mass is 10.4. The third-order valence-electron chi connectivity index (χ3n) is 1.18. The van der Waals surface area contributed by atoms with Gasteiger partial charge in [0.15, 0.2) is 5.78 Å². The number of ketones is 1. The van der Waals surface area contributed by atoms with E-state index < -0.39 is 10.8 Å². The van der Waals surface area contributed by atoms with E-state index in [0.29, 0.717) is 9.21 Å². The standard InChI is InChI=1S/C7H7ClO2S2/c1-12(10)4-5(9)6-2-3-7(8)11-6/h2-3H,4H2,1H3. The van der Waals surface area contributed by atoms with Crippen LogP contribution in [0, 0.1) is 0 Å². The molecule has 0 saturated heterocycles. The Hall–Kier alpha value is -0.190. The Morgan fingerprint density at radius 3 is 2.75 bits per heavy atom. The predicted molar refractivity (Wildman–Crippen MR) is 52.6 cm³/mol. The maximum Gasteiger partial charge on any atom is 0.185 e. The van der Waals surface area contributed by atoms with Gasteiger partial charge < -0.3 is 0 Å². The molecule has 2 nitrogen and oxygen atoms in total. The molecule has 5 heteroatoms. The number of rotatable bonds is 3. The molecule has 0 saturated carbocycles. The van der Waals surface area contributed by atoms with Gasteiger partial charge in [-0.15, -0.1) is 11.3 Å². The monoisotopic (exact) mass is 222 g/mol. The van der Waals surface area contributed by atoms with Crippen molar-refractivity contribution < 1.29 is 9.00 Å². The molecular formula is C7H7ClO2S2. The Morgan fingerprint density at radius 2 is 2.33 bits per heavy atom. The van der Waals surface area contributed by atoms with E-state index in [9.17, 15) is 9.00 Å². The Labute approximate surface area is 82.0 Å². The maximum atomic E-state index is 11.2. The van der Waals surface area contributed by atoms with Crippen LogP contribution in [-0.4, -0.2) is 22.0 Å². The average Bonchev–Trinajstić information content (AvgIpc) is 2.34. The van der Waals surface area contributed by atoms with Crippen molar-refractivity contribution >= 4 is 39.5 Å². The van der Waals surface area contributed by atoms with Crippen molar-refractivity contribution in [2.75, 3.05) is 12.0 Å². The van der Waals surface area contributed by atoms with Gasteiger partial charge in [-0.05, 0) is 12.1 Å². The number of carbonyl (C=O) groups is 1. The molecule has 0 aliphatic rings. The van der Waals surface area contributed by atoms with E-state index in [4.69, 9.17) is 11.6 Å². The summed E-state index contributed by atoms with van der Waals surface area (Å²) in [6.45, 7) is 0. The molecule has 1 rings (SSSR count). The van der Waals surface area contributed by atoms with Crippen molar-refractivity contribution in [2.45, 2.75) is 0 Å². The highest BCUT2D eigenvalue weighted by Crippen LogP contribution is 2.21. The lowest BCUT2D eigenvalue weighted by molar-refractivity contribution is 0.102. The number of hydrogen-bond donors (Lipinski definition) is 0. The van der Waals surface area contributed by atoms with Gasteiger partial charge in [-0.3, -0.25) is 9.00 Å². The van der Waals surface area contributed by atoms with E-state index in [1.807, 2.05) is 0 Å². The minimum absolute atomic E-state index is 0.0802. The first-order valence-corrected chi connectivity index (χ1v) is 6.10. The molecule has 0 fully saturated rings. The molecule has 1 heterocycles. The van der Waals surface area contributed by atoms with Crippen LogP contribution in [-0.2, 0) is 10.8 Å². The molecule has 12 heavy (non-hydrogen) atoms. The van der Waals surface area contributed by atoms with Crippen LogP contribution in [0.5, 0.6) is 0 Å². The summed E-state index contributed by atoms with van der Waals surface area (Å²) in [7, 11) is -1.07. The second-order valence-electron chi connectivity index (χ2n) is 2.24. The summed E-state index contributed by atoms with van der Waals surface area (Å²) in [5, 5.41) is 0. The smallest absolute Gasteiger partial charge is 0.185 e. The third kappa shape index (κ3) is 2.69. The maximum absolute atomic E-state index is 11.2. The molecule has 0 aliphatic carbocycles. The zero-order valence-corrected chi connectivity index (χ0v) is 8.76. The first kappa shape index (κ1) is 9.89. The van der Waals surface area contributed by atoms with Gasteiger partial charge in [0.1, 0.15) is 0 Å². The molecule has 0 radical (unpaired) electrons. The Bertz CT molecular complexity index is 319. The van der Waals surface area contributed by atoms with Crippen LogP contribution >= 0.6 is 22.9 Å². The van der Waals surface area contributed by atoms with Crippen LogP contribution in [0.3, 0.4) is 0 Å². The molecule has 0 spiro atoms. The summed E-state index contributed by atoms with van der Waals surface area (Å²) in [6.07, 6.45) is 1.51. The average molecular weight is 223 g/mol. The molecule has 0 bridgehead atoms. The van der Waals surface area contributed by atoms with E-state index >= 15 is 0 Å². The molecule has 1 unspecified atom stereocenters. The number of Topliss-reactive ketones (excluding diaryl/α,β-unsaturated/α-hetero) is 1. The molecule has 0 amide bonds. The normalized spacial score (nSPS) is 12.8. The van der Waals surface area contributed by atoms with Crippen LogP contribution in [0.15, 0.2) is 12.1 Å². The first-order chi connectivity index (χ1) is 5.59. The molecule has 66 valence electrons. The van der Waals surface area contributed by atoms with Crippen molar-refractivity contribution in [3.05, 3.63) is 21.3 Å². The minimum Gasteiger partial charge on any atom is -0.292 e. The number of halogens is 1. The summed E-state index contributed by atoms with van der Waals surface area (Å²) < 4.78 is 11.3. The largest absolute Gasteiger partial charge is 0.292 e. The number of carbonyl (C=O) groups excluding carboxylic acids is 1. The number of thiophene rings is 1. The zero-order valence-electron chi connectivity index (χ0n) is 6.37. The quantitative estimate of drug-likeness (QED) is 0.733. The molecular weight excluding hydrogens is 216 g/mol. The fourth-order valence-corrected chi connectivity index (χ4v) is 2.32. The lowest BCUT2D eigenvalue weighted by Crippen LogP contribution is -2.07. The van der Waals surface area contributed by atoms with Crippen LogP contribution < -0.4 is 0 Å². The van der Waals surface area contributed by atoms with Crippen LogP contribution in [0.2, 0.25) is 4.34 Å². The SMILES string of the molecule is CS(=O)CC(=O)c1ccc(Cl)s1. The van der Waals surface area contributed by atoms with Gasteiger partial charge in [-0.2, -0.15) is 0 Å². The van der Waals surface area contributed by atoms with Gasteiger partial charge in [0, 0.05) is 17.1 Å². The molecule has 0 aromatic carbocycles.